The number of thiophene rings is 1. The van der Waals surface area contributed by atoms with Gasteiger partial charge >= 0.3 is 0 Å². The summed E-state index contributed by atoms with van der Waals surface area (Å²) in [4.78, 5) is 1.20. The van der Waals surface area contributed by atoms with E-state index in [1.54, 1.807) is 25.4 Å². The molecule has 6 heteroatoms. The summed E-state index contributed by atoms with van der Waals surface area (Å²) in [6.07, 6.45) is 1.52. The fourth-order valence-corrected chi connectivity index (χ4v) is 3.73. The summed E-state index contributed by atoms with van der Waals surface area (Å²) in [5.74, 6) is 1.36. The average Bonchev–Trinajstić information content (AvgIpc) is 2.86. The van der Waals surface area contributed by atoms with E-state index in [2.05, 4.69) is 12.2 Å². The summed E-state index contributed by atoms with van der Waals surface area (Å²) >= 11 is 1.65. The Hall–Kier alpha value is -0.590. The summed E-state index contributed by atoms with van der Waals surface area (Å²) in [7, 11) is -1.21. The maximum Gasteiger partial charge on any atom is 0.150 e. The molecule has 0 bridgehead atoms. The van der Waals surface area contributed by atoms with Gasteiger partial charge in [0.25, 0.3) is 0 Å². The van der Waals surface area contributed by atoms with E-state index >= 15 is 0 Å². The van der Waals surface area contributed by atoms with Crippen molar-refractivity contribution in [2.24, 2.45) is 0 Å². The largest absolute Gasteiger partial charge is 0.496 e. The van der Waals surface area contributed by atoms with E-state index in [4.69, 9.17) is 4.74 Å². The van der Waals surface area contributed by atoms with E-state index in [1.807, 2.05) is 11.4 Å². The molecule has 1 N–H and O–H groups in total. The normalized spacial score (nSPS) is 13.4. The molecule has 0 amide bonds. The number of hydrogen-bond donors (Lipinski definition) is 1. The summed E-state index contributed by atoms with van der Waals surface area (Å²) in [6, 6.07) is 2.23. The number of hydrogen-bond acceptors (Lipinski definition) is 5. The zero-order chi connectivity index (χ0) is 14.3. The number of rotatable bonds is 9. The van der Waals surface area contributed by atoms with Crippen molar-refractivity contribution in [3.63, 3.8) is 0 Å². The lowest BCUT2D eigenvalue weighted by atomic mass is 10.1. The van der Waals surface area contributed by atoms with Gasteiger partial charge in [-0.2, -0.15) is 0 Å². The van der Waals surface area contributed by atoms with E-state index < -0.39 is 9.84 Å². The molecule has 0 aliphatic heterocycles. The molecule has 110 valence electrons. The van der Waals surface area contributed by atoms with Gasteiger partial charge < -0.3 is 10.1 Å². The molecule has 0 saturated carbocycles. The van der Waals surface area contributed by atoms with Crippen molar-refractivity contribution in [2.45, 2.75) is 32.7 Å². The molecule has 4 nitrogen and oxygen atoms in total. The van der Waals surface area contributed by atoms with Gasteiger partial charge in [0.1, 0.15) is 15.6 Å². The highest BCUT2D eigenvalue weighted by atomic mass is 32.2. The molecule has 0 aliphatic rings. The molecular weight excluding hydrogens is 282 g/mol. The van der Waals surface area contributed by atoms with Gasteiger partial charge in [-0.1, -0.05) is 13.8 Å². The van der Waals surface area contributed by atoms with Gasteiger partial charge in [-0.3, -0.25) is 0 Å². The summed E-state index contributed by atoms with van der Waals surface area (Å²) in [5.41, 5.74) is 0. The van der Waals surface area contributed by atoms with Crippen LogP contribution in [0.4, 0.5) is 0 Å². The van der Waals surface area contributed by atoms with Crippen molar-refractivity contribution in [3.8, 4) is 5.75 Å². The van der Waals surface area contributed by atoms with Gasteiger partial charge in [-0.05, 0) is 25.5 Å². The summed E-state index contributed by atoms with van der Waals surface area (Å²) < 4.78 is 28.2. The van der Waals surface area contributed by atoms with Gasteiger partial charge in [0.05, 0.1) is 12.9 Å². The van der Waals surface area contributed by atoms with Crippen molar-refractivity contribution in [3.05, 3.63) is 16.3 Å². The van der Waals surface area contributed by atoms with E-state index in [0.29, 0.717) is 6.42 Å². The summed E-state index contributed by atoms with van der Waals surface area (Å²) in [6.45, 7) is 4.62. The maximum absolute atomic E-state index is 11.5. The quantitative estimate of drug-likeness (QED) is 0.762. The van der Waals surface area contributed by atoms with Crippen LogP contribution in [0.25, 0.3) is 0 Å². The molecule has 1 heterocycles. The second-order valence-electron chi connectivity index (χ2n) is 4.38. The minimum Gasteiger partial charge on any atom is -0.496 e. The fraction of sp³-hybridized carbons (Fsp3) is 0.692. The Balaban J connectivity index is 2.58. The number of sulfone groups is 1. The molecule has 0 aliphatic carbocycles. The van der Waals surface area contributed by atoms with Gasteiger partial charge in [-0.15, -0.1) is 11.3 Å². The molecular formula is C13H23NO3S2. The van der Waals surface area contributed by atoms with Crippen molar-refractivity contribution in [1.82, 2.24) is 5.32 Å². The highest BCUT2D eigenvalue weighted by molar-refractivity contribution is 7.91. The molecule has 0 saturated heterocycles. The number of ether oxygens (including phenoxy) is 1. The van der Waals surface area contributed by atoms with Crippen molar-refractivity contribution >= 4 is 21.2 Å². The van der Waals surface area contributed by atoms with Crippen LogP contribution in [0.5, 0.6) is 5.75 Å². The van der Waals surface area contributed by atoms with E-state index in [-0.39, 0.29) is 17.5 Å². The second kappa shape index (κ2) is 7.87. The molecule has 0 aromatic carbocycles. The third-order valence-electron chi connectivity index (χ3n) is 3.01. The van der Waals surface area contributed by atoms with Crippen LogP contribution in [0.1, 0.15) is 37.6 Å². The Morgan fingerprint density at radius 3 is 2.68 bits per heavy atom. The lowest BCUT2D eigenvalue weighted by molar-refractivity contribution is 0.415. The van der Waals surface area contributed by atoms with Gasteiger partial charge in [0.15, 0.2) is 0 Å². The summed E-state index contributed by atoms with van der Waals surface area (Å²) in [5, 5.41) is 5.38. The third kappa shape index (κ3) is 5.50. The van der Waals surface area contributed by atoms with Crippen molar-refractivity contribution in [1.29, 1.82) is 0 Å². The molecule has 1 atom stereocenters. The van der Waals surface area contributed by atoms with Gasteiger partial charge in [0, 0.05) is 22.1 Å². The van der Waals surface area contributed by atoms with Gasteiger partial charge in [-0.25, -0.2) is 8.42 Å². The molecule has 1 aromatic heterocycles. The van der Waals surface area contributed by atoms with E-state index in [0.717, 1.165) is 18.7 Å². The maximum atomic E-state index is 11.5. The minimum absolute atomic E-state index is 0.214. The second-order valence-corrected chi connectivity index (χ2v) is 7.79. The molecule has 1 rings (SSSR count). The molecule has 0 fully saturated rings. The molecule has 19 heavy (non-hydrogen) atoms. The van der Waals surface area contributed by atoms with Crippen molar-refractivity contribution < 1.29 is 13.2 Å². The molecule has 0 spiro atoms. The first-order chi connectivity index (χ1) is 9.02. The standard InChI is InChI=1S/C13H23NO3S2/c1-4-14-12(7-6-8-19(15,16)5-2)13-9-11(17-3)10-18-13/h9-10,12,14H,4-8H2,1-3H3. The zero-order valence-corrected chi connectivity index (χ0v) is 13.4. The predicted octanol–water partition coefficient (Wildman–Crippen LogP) is 2.62. The number of methoxy groups -OCH3 is 1. The first-order valence-corrected chi connectivity index (χ1v) is 9.28. The fourth-order valence-electron chi connectivity index (χ4n) is 1.87. The van der Waals surface area contributed by atoms with Crippen LogP contribution in [-0.4, -0.2) is 33.6 Å². The van der Waals surface area contributed by atoms with Crippen LogP contribution in [0.3, 0.4) is 0 Å². The lowest BCUT2D eigenvalue weighted by Crippen LogP contribution is -2.21. The van der Waals surface area contributed by atoms with Crippen molar-refractivity contribution in [2.75, 3.05) is 25.2 Å². The average molecular weight is 305 g/mol. The van der Waals surface area contributed by atoms with Crippen LogP contribution < -0.4 is 10.1 Å². The Labute approximate surface area is 120 Å². The van der Waals surface area contributed by atoms with Crippen LogP contribution in [-0.2, 0) is 9.84 Å². The third-order valence-corrected chi connectivity index (χ3v) is 5.83. The molecule has 1 unspecified atom stereocenters. The minimum atomic E-state index is -2.86. The number of nitrogens with one attached hydrogen (secondary N) is 1. The first kappa shape index (κ1) is 16.5. The Morgan fingerprint density at radius 1 is 1.42 bits per heavy atom. The Kier molecular flexibility index (Phi) is 6.82. The smallest absolute Gasteiger partial charge is 0.150 e. The molecule has 0 radical (unpaired) electrons. The molecule has 1 aromatic rings. The first-order valence-electron chi connectivity index (χ1n) is 6.58. The SMILES string of the molecule is CCNC(CCCS(=O)(=O)CC)c1cc(OC)cs1. The Morgan fingerprint density at radius 2 is 2.16 bits per heavy atom. The van der Waals surface area contributed by atoms with Crippen LogP contribution >= 0.6 is 11.3 Å². The monoisotopic (exact) mass is 305 g/mol. The van der Waals surface area contributed by atoms with Gasteiger partial charge in [0.2, 0.25) is 0 Å². The van der Waals surface area contributed by atoms with Crippen LogP contribution in [0.2, 0.25) is 0 Å². The Bertz CT molecular complexity index is 468. The topological polar surface area (TPSA) is 55.4 Å². The zero-order valence-electron chi connectivity index (χ0n) is 11.8. The van der Waals surface area contributed by atoms with Crippen LogP contribution in [0, 0.1) is 0 Å². The highest BCUT2D eigenvalue weighted by Crippen LogP contribution is 2.29. The van der Waals surface area contributed by atoms with E-state index in [1.165, 1.54) is 4.88 Å². The predicted molar refractivity (Wildman–Crippen MR) is 80.9 cm³/mol. The highest BCUT2D eigenvalue weighted by Gasteiger charge is 2.15. The van der Waals surface area contributed by atoms with Crippen LogP contribution in [0.15, 0.2) is 11.4 Å². The van der Waals surface area contributed by atoms with E-state index in [9.17, 15) is 8.42 Å². The lowest BCUT2D eigenvalue weighted by Gasteiger charge is -2.16.